The Bertz CT molecular complexity index is 1090. The van der Waals surface area contributed by atoms with Gasteiger partial charge in [-0.3, -0.25) is 4.98 Å². The number of benzene rings is 1. The van der Waals surface area contributed by atoms with E-state index in [1.54, 1.807) is 24.3 Å². The molecule has 4 nitrogen and oxygen atoms in total. The molecule has 0 atom stereocenters. The van der Waals surface area contributed by atoms with Crippen LogP contribution in [0, 0.1) is 5.82 Å². The lowest BCUT2D eigenvalue weighted by Gasteiger charge is -2.33. The number of ether oxygens (including phenoxy) is 1. The summed E-state index contributed by atoms with van der Waals surface area (Å²) >= 11 is 6.15. The molecule has 1 aliphatic carbocycles. The molecular weight excluding hydrogens is 448 g/mol. The van der Waals surface area contributed by atoms with Gasteiger partial charge in [0.1, 0.15) is 40.5 Å². The van der Waals surface area contributed by atoms with E-state index >= 15 is 0 Å². The van der Waals surface area contributed by atoms with E-state index in [1.807, 2.05) is 0 Å². The number of nitrogens with one attached hydrogen (secondary N) is 1. The van der Waals surface area contributed by atoms with Crippen molar-refractivity contribution in [1.82, 2.24) is 15.0 Å². The number of H-pyrrole nitrogens is 1. The number of rotatable bonds is 5. The van der Waals surface area contributed by atoms with Gasteiger partial charge in [0.25, 0.3) is 0 Å². The van der Waals surface area contributed by atoms with Crippen LogP contribution in [0.5, 0.6) is 5.75 Å². The molecule has 0 saturated heterocycles. The molecule has 1 fully saturated rings. The van der Waals surface area contributed by atoms with Crippen molar-refractivity contribution in [2.24, 2.45) is 0 Å². The summed E-state index contributed by atoms with van der Waals surface area (Å²) < 4.78 is 83.1. The number of hydrogen-bond donors (Lipinski definition) is 1. The van der Waals surface area contributed by atoms with Crippen LogP contribution < -0.4 is 4.74 Å². The molecule has 1 saturated carbocycles. The fourth-order valence-corrected chi connectivity index (χ4v) is 3.44. The van der Waals surface area contributed by atoms with Crippen LogP contribution >= 0.6 is 11.6 Å². The zero-order valence-electron chi connectivity index (χ0n) is 15.6. The second-order valence-corrected chi connectivity index (χ2v) is 7.59. The first-order valence-electron chi connectivity index (χ1n) is 9.10. The van der Waals surface area contributed by atoms with E-state index in [0.717, 1.165) is 0 Å². The quantitative estimate of drug-likeness (QED) is 0.449. The summed E-state index contributed by atoms with van der Waals surface area (Å²) in [6.45, 7) is -0.369. The van der Waals surface area contributed by atoms with Gasteiger partial charge in [-0.05, 0) is 30.3 Å². The number of aromatic nitrogens is 3. The number of halogens is 7. The Kier molecular flexibility index (Phi) is 5.36. The summed E-state index contributed by atoms with van der Waals surface area (Å²) in [5, 5.41) is 0.218. The number of alkyl halides is 5. The molecule has 0 aliphatic heterocycles. The van der Waals surface area contributed by atoms with Crippen molar-refractivity contribution in [3.8, 4) is 17.0 Å². The molecule has 0 unspecified atom stereocenters. The molecule has 1 aromatic carbocycles. The molecule has 164 valence electrons. The minimum absolute atomic E-state index is 0.218. The van der Waals surface area contributed by atoms with Gasteiger partial charge >= 0.3 is 6.18 Å². The molecular formula is C20H14ClF6N3O. The third-order valence-corrected chi connectivity index (χ3v) is 5.18. The maximum atomic E-state index is 13.8. The van der Waals surface area contributed by atoms with Gasteiger partial charge in [0.2, 0.25) is 5.92 Å². The van der Waals surface area contributed by atoms with Crippen LogP contribution in [-0.4, -0.2) is 20.9 Å². The highest BCUT2D eigenvalue weighted by molar-refractivity contribution is 6.31. The molecule has 4 rings (SSSR count). The van der Waals surface area contributed by atoms with E-state index in [1.165, 1.54) is 0 Å². The smallest absolute Gasteiger partial charge is 0.417 e. The summed E-state index contributed by atoms with van der Waals surface area (Å²) in [4.78, 5) is 10.6. The summed E-state index contributed by atoms with van der Waals surface area (Å²) in [6.07, 6.45) is -4.70. The molecule has 0 amide bonds. The van der Waals surface area contributed by atoms with Crippen molar-refractivity contribution in [3.05, 3.63) is 64.6 Å². The Morgan fingerprint density at radius 1 is 1.16 bits per heavy atom. The maximum absolute atomic E-state index is 13.8. The van der Waals surface area contributed by atoms with Crippen LogP contribution in [0.2, 0.25) is 5.15 Å². The molecule has 11 heteroatoms. The van der Waals surface area contributed by atoms with Crippen LogP contribution in [0.1, 0.15) is 35.8 Å². The van der Waals surface area contributed by atoms with Gasteiger partial charge in [-0.15, -0.1) is 0 Å². The first kappa shape index (κ1) is 21.5. The van der Waals surface area contributed by atoms with Gasteiger partial charge in [-0.25, -0.2) is 18.2 Å². The van der Waals surface area contributed by atoms with Crippen LogP contribution in [0.25, 0.3) is 11.3 Å². The molecule has 1 aliphatic rings. The zero-order chi connectivity index (χ0) is 22.4. The molecule has 2 heterocycles. The minimum atomic E-state index is -4.68. The van der Waals surface area contributed by atoms with Gasteiger partial charge in [0.05, 0.1) is 5.56 Å². The maximum Gasteiger partial charge on any atom is 0.417 e. The van der Waals surface area contributed by atoms with Crippen molar-refractivity contribution in [2.75, 3.05) is 0 Å². The van der Waals surface area contributed by atoms with Crippen LogP contribution in [0.15, 0.2) is 36.5 Å². The third-order valence-electron chi connectivity index (χ3n) is 4.90. The molecule has 0 radical (unpaired) electrons. The van der Waals surface area contributed by atoms with E-state index in [-0.39, 0.29) is 36.2 Å². The van der Waals surface area contributed by atoms with Crippen molar-refractivity contribution < 1.29 is 31.1 Å². The van der Waals surface area contributed by atoms with E-state index in [9.17, 15) is 26.3 Å². The highest BCUT2D eigenvalue weighted by Crippen LogP contribution is 2.48. The van der Waals surface area contributed by atoms with Crippen molar-refractivity contribution in [2.45, 2.75) is 37.5 Å². The second kappa shape index (κ2) is 7.74. The normalized spacial score (nSPS) is 16.2. The summed E-state index contributed by atoms with van der Waals surface area (Å²) in [5.74, 6) is -3.46. The fraction of sp³-hybridized carbons (Fsp3) is 0.300. The predicted molar refractivity (Wildman–Crippen MR) is 99.5 cm³/mol. The number of aromatic amines is 1. The van der Waals surface area contributed by atoms with Crippen molar-refractivity contribution >= 4 is 11.6 Å². The van der Waals surface area contributed by atoms with E-state index < -0.39 is 23.5 Å². The number of pyridine rings is 1. The average Bonchev–Trinajstić information content (AvgIpc) is 3.06. The molecule has 3 aromatic rings. The predicted octanol–water partition coefficient (Wildman–Crippen LogP) is 6.37. The molecule has 2 aromatic heterocycles. The van der Waals surface area contributed by atoms with E-state index in [0.29, 0.717) is 35.1 Å². The van der Waals surface area contributed by atoms with E-state index in [4.69, 9.17) is 16.3 Å². The number of imidazole rings is 1. The second-order valence-electron chi connectivity index (χ2n) is 7.21. The standard InChI is InChI=1S/C20H14ClF6N3O/c21-17-16(29-18(30-17)11-6-19(23,24)7-11)10-1-3-13(4-2-10)31-9-15-14(22)5-12(8-28-15)20(25,26)27/h1-5,8,11H,6-7,9H2,(H,29,30). The lowest BCUT2D eigenvalue weighted by Crippen LogP contribution is -2.34. The van der Waals surface area contributed by atoms with Crippen molar-refractivity contribution in [3.63, 3.8) is 0 Å². The van der Waals surface area contributed by atoms with Gasteiger partial charge in [-0.1, -0.05) is 11.6 Å². The summed E-state index contributed by atoms with van der Waals surface area (Å²) in [7, 11) is 0. The Morgan fingerprint density at radius 3 is 2.42 bits per heavy atom. The number of hydrogen-bond acceptors (Lipinski definition) is 3. The fourth-order valence-electron chi connectivity index (χ4n) is 3.20. The lowest BCUT2D eigenvalue weighted by atomic mass is 9.81. The zero-order valence-corrected chi connectivity index (χ0v) is 16.4. The Balaban J connectivity index is 1.42. The monoisotopic (exact) mass is 461 g/mol. The van der Waals surface area contributed by atoms with Crippen LogP contribution in [0.4, 0.5) is 26.3 Å². The SMILES string of the molecule is Fc1cc(C(F)(F)F)cnc1COc1ccc(-c2nc(C3CC(F)(F)C3)[nH]c2Cl)cc1. The average molecular weight is 462 g/mol. The van der Waals surface area contributed by atoms with Gasteiger partial charge < -0.3 is 9.72 Å². The Morgan fingerprint density at radius 2 is 1.84 bits per heavy atom. The topological polar surface area (TPSA) is 50.8 Å². The van der Waals surface area contributed by atoms with Crippen molar-refractivity contribution in [1.29, 1.82) is 0 Å². The largest absolute Gasteiger partial charge is 0.487 e. The first-order chi connectivity index (χ1) is 14.5. The highest BCUT2D eigenvalue weighted by Gasteiger charge is 2.47. The molecule has 0 spiro atoms. The summed E-state index contributed by atoms with van der Waals surface area (Å²) in [5.41, 5.74) is -0.452. The Hall–Kier alpha value is -2.75. The van der Waals surface area contributed by atoms with Crippen LogP contribution in [-0.2, 0) is 12.8 Å². The van der Waals surface area contributed by atoms with Gasteiger partial charge in [0, 0.05) is 30.5 Å². The summed E-state index contributed by atoms with van der Waals surface area (Å²) in [6, 6.07) is 6.68. The first-order valence-corrected chi connectivity index (χ1v) is 9.48. The third kappa shape index (κ3) is 4.63. The van der Waals surface area contributed by atoms with E-state index in [2.05, 4.69) is 15.0 Å². The lowest BCUT2D eigenvalue weighted by molar-refractivity contribution is -0.138. The minimum Gasteiger partial charge on any atom is -0.487 e. The molecule has 31 heavy (non-hydrogen) atoms. The van der Waals surface area contributed by atoms with Gasteiger partial charge in [-0.2, -0.15) is 13.2 Å². The Labute approximate surface area is 177 Å². The van der Waals surface area contributed by atoms with Crippen LogP contribution in [0.3, 0.4) is 0 Å². The molecule has 1 N–H and O–H groups in total. The highest BCUT2D eigenvalue weighted by atomic mass is 35.5. The number of nitrogens with zero attached hydrogens (tertiary/aromatic N) is 2. The molecule has 0 bridgehead atoms. The van der Waals surface area contributed by atoms with Gasteiger partial charge in [0.15, 0.2) is 0 Å².